The van der Waals surface area contributed by atoms with E-state index in [1.165, 1.54) is 25.6 Å². The summed E-state index contributed by atoms with van der Waals surface area (Å²) in [6.07, 6.45) is 1.18. The maximum absolute atomic E-state index is 12.5. The minimum atomic E-state index is -0.757. The summed E-state index contributed by atoms with van der Waals surface area (Å²) < 4.78 is 10.3. The molecule has 1 aromatic carbocycles. The smallest absolute Gasteiger partial charge is 0.315 e. The van der Waals surface area contributed by atoms with Crippen LogP contribution in [0.3, 0.4) is 0 Å². The lowest BCUT2D eigenvalue weighted by molar-refractivity contribution is -0.384. The van der Waals surface area contributed by atoms with Gasteiger partial charge in [-0.05, 0) is 19.4 Å². The number of aliphatic imine (C=N–C) groups is 1. The molecule has 0 saturated heterocycles. The molecule has 0 fully saturated rings. The minimum absolute atomic E-state index is 0.0752. The molecule has 1 aromatic heterocycles. The Morgan fingerprint density at radius 1 is 1.35 bits per heavy atom. The predicted octanol–water partition coefficient (Wildman–Crippen LogP) is 2.76. The first-order chi connectivity index (χ1) is 12.4. The normalized spacial score (nSPS) is 19.9. The van der Waals surface area contributed by atoms with Crippen LogP contribution in [0.5, 0.6) is 0 Å². The third kappa shape index (κ3) is 2.99. The van der Waals surface area contributed by atoms with Crippen LogP contribution in [0.1, 0.15) is 31.2 Å². The van der Waals surface area contributed by atoms with Gasteiger partial charge < -0.3 is 9.15 Å². The Hall–Kier alpha value is -3.36. The highest BCUT2D eigenvalue weighted by molar-refractivity contribution is 6.06. The van der Waals surface area contributed by atoms with Gasteiger partial charge in [-0.2, -0.15) is 0 Å². The van der Waals surface area contributed by atoms with Crippen LogP contribution in [-0.2, 0) is 9.53 Å². The maximum atomic E-state index is 12.5. The summed E-state index contributed by atoms with van der Waals surface area (Å²) in [5.41, 5.74) is 2.19. The first-order valence-corrected chi connectivity index (χ1v) is 7.78. The number of nitro benzene ring substituents is 1. The van der Waals surface area contributed by atoms with Crippen molar-refractivity contribution in [1.29, 1.82) is 0 Å². The van der Waals surface area contributed by atoms with Crippen molar-refractivity contribution in [3.05, 3.63) is 57.9 Å². The van der Waals surface area contributed by atoms with Crippen molar-refractivity contribution < 1.29 is 18.9 Å². The zero-order valence-electron chi connectivity index (χ0n) is 14.4. The molecule has 26 heavy (non-hydrogen) atoms. The van der Waals surface area contributed by atoms with Crippen LogP contribution in [0.25, 0.3) is 5.57 Å². The summed E-state index contributed by atoms with van der Waals surface area (Å²) in [5, 5.41) is 18.8. The van der Waals surface area contributed by atoms with E-state index in [9.17, 15) is 14.9 Å². The van der Waals surface area contributed by atoms with Gasteiger partial charge in [0.15, 0.2) is 0 Å². The number of nitrogens with zero attached hydrogens (tertiary/aromatic N) is 4. The predicted molar refractivity (Wildman–Crippen MR) is 91.3 cm³/mol. The molecule has 9 nitrogen and oxygen atoms in total. The fourth-order valence-corrected chi connectivity index (χ4v) is 3.23. The van der Waals surface area contributed by atoms with Gasteiger partial charge in [0.05, 0.1) is 12.0 Å². The average Bonchev–Trinajstić information content (AvgIpc) is 3.14. The van der Waals surface area contributed by atoms with Crippen molar-refractivity contribution in [3.8, 4) is 0 Å². The van der Waals surface area contributed by atoms with Gasteiger partial charge in [0.25, 0.3) is 5.69 Å². The summed E-state index contributed by atoms with van der Waals surface area (Å²) in [6, 6.07) is 6.12. The number of esters is 1. The lowest BCUT2D eigenvalue weighted by Gasteiger charge is -2.30. The number of rotatable bonds is 4. The highest BCUT2D eigenvalue weighted by atomic mass is 16.6. The van der Waals surface area contributed by atoms with Crippen molar-refractivity contribution in [2.75, 3.05) is 7.11 Å². The van der Waals surface area contributed by atoms with E-state index >= 15 is 0 Å². The summed E-state index contributed by atoms with van der Waals surface area (Å²) in [6.45, 7) is 3.49. The molecule has 1 aliphatic heterocycles. The second kappa shape index (κ2) is 6.87. The fraction of sp³-hybridized carbons (Fsp3) is 0.294. The van der Waals surface area contributed by atoms with Gasteiger partial charge in [-0.1, -0.05) is 12.1 Å². The van der Waals surface area contributed by atoms with Crippen molar-refractivity contribution in [2.24, 2.45) is 10.9 Å². The summed E-state index contributed by atoms with van der Waals surface area (Å²) >= 11 is 0. The highest BCUT2D eigenvalue weighted by Crippen LogP contribution is 2.44. The quantitative estimate of drug-likeness (QED) is 0.469. The molecule has 2 atom stereocenters. The fourth-order valence-electron chi connectivity index (χ4n) is 3.23. The number of hydrogen-bond acceptors (Lipinski definition) is 8. The van der Waals surface area contributed by atoms with E-state index in [4.69, 9.17) is 9.15 Å². The molecule has 2 heterocycles. The zero-order chi connectivity index (χ0) is 18.8. The molecule has 9 heteroatoms. The van der Waals surface area contributed by atoms with Crippen molar-refractivity contribution in [1.82, 2.24) is 10.2 Å². The Labute approximate surface area is 148 Å². The number of allylic oxidation sites excluding steroid dienone is 2. The van der Waals surface area contributed by atoms with E-state index in [0.29, 0.717) is 22.5 Å². The van der Waals surface area contributed by atoms with Crippen LogP contribution >= 0.6 is 0 Å². The molecule has 0 N–H and O–H groups in total. The Morgan fingerprint density at radius 3 is 2.73 bits per heavy atom. The lowest BCUT2D eigenvalue weighted by atomic mass is 9.75. The summed E-state index contributed by atoms with van der Waals surface area (Å²) in [7, 11) is 1.29. The van der Waals surface area contributed by atoms with Crippen LogP contribution in [0, 0.1) is 16.0 Å². The van der Waals surface area contributed by atoms with E-state index in [1.54, 1.807) is 26.0 Å². The van der Waals surface area contributed by atoms with Gasteiger partial charge in [0.2, 0.25) is 12.3 Å². The highest BCUT2D eigenvalue weighted by Gasteiger charge is 2.41. The number of carbonyl (C=O) groups is 1. The largest absolute Gasteiger partial charge is 0.468 e. The average molecular weight is 356 g/mol. The molecule has 0 amide bonds. The number of methoxy groups -OCH3 is 1. The first kappa shape index (κ1) is 17.5. The van der Waals surface area contributed by atoms with Gasteiger partial charge in [-0.3, -0.25) is 19.9 Å². The number of non-ortho nitro benzene ring substituents is 1. The van der Waals surface area contributed by atoms with Crippen LogP contribution in [0.2, 0.25) is 0 Å². The molecular formula is C17H16N4O5. The number of aromatic nitrogens is 2. The summed E-state index contributed by atoms with van der Waals surface area (Å²) in [4.78, 5) is 27.6. The number of ether oxygens (including phenoxy) is 1. The second-order valence-electron chi connectivity index (χ2n) is 5.83. The van der Waals surface area contributed by atoms with Crippen molar-refractivity contribution in [3.63, 3.8) is 0 Å². The van der Waals surface area contributed by atoms with Gasteiger partial charge in [0, 0.05) is 35.0 Å². The Kier molecular flexibility index (Phi) is 4.61. The minimum Gasteiger partial charge on any atom is -0.468 e. The molecule has 0 radical (unpaired) electrons. The number of carbonyl (C=O) groups excluding carboxylic acids is 1. The van der Waals surface area contributed by atoms with Crippen LogP contribution < -0.4 is 0 Å². The third-order valence-electron chi connectivity index (χ3n) is 4.31. The number of hydrogen-bond donors (Lipinski definition) is 0. The molecule has 0 spiro atoms. The van der Waals surface area contributed by atoms with Gasteiger partial charge in [0.1, 0.15) is 5.92 Å². The van der Waals surface area contributed by atoms with Crippen LogP contribution in [-0.4, -0.2) is 33.9 Å². The van der Waals surface area contributed by atoms with Crippen LogP contribution in [0.15, 0.2) is 45.8 Å². The van der Waals surface area contributed by atoms with E-state index in [0.717, 1.165) is 0 Å². The van der Waals surface area contributed by atoms with E-state index < -0.39 is 22.7 Å². The Balaban J connectivity index is 2.23. The van der Waals surface area contributed by atoms with E-state index in [1.807, 2.05) is 0 Å². The molecule has 1 aliphatic rings. The van der Waals surface area contributed by atoms with Crippen molar-refractivity contribution >= 4 is 22.9 Å². The van der Waals surface area contributed by atoms with Gasteiger partial charge in [-0.15, -0.1) is 10.2 Å². The lowest BCUT2D eigenvalue weighted by Crippen LogP contribution is -2.33. The van der Waals surface area contributed by atoms with E-state index in [-0.39, 0.29) is 11.6 Å². The van der Waals surface area contributed by atoms with Crippen LogP contribution in [0.4, 0.5) is 5.69 Å². The van der Waals surface area contributed by atoms with Gasteiger partial charge >= 0.3 is 5.97 Å². The monoisotopic (exact) mass is 356 g/mol. The van der Waals surface area contributed by atoms with Crippen molar-refractivity contribution in [2.45, 2.75) is 19.8 Å². The number of nitro groups is 1. The topological polar surface area (TPSA) is 121 Å². The SMILES string of the molecule is COC(=O)C1C(C)=NC(C)=C(c2nnco2)C1c1cccc([N+](=O)[O-])c1. The molecule has 0 aliphatic carbocycles. The summed E-state index contributed by atoms with van der Waals surface area (Å²) in [5.74, 6) is -1.63. The molecule has 2 aromatic rings. The van der Waals surface area contributed by atoms with Gasteiger partial charge in [-0.25, -0.2) is 0 Å². The molecular weight excluding hydrogens is 340 g/mol. The maximum Gasteiger partial charge on any atom is 0.315 e. The second-order valence-corrected chi connectivity index (χ2v) is 5.83. The molecule has 3 rings (SSSR count). The zero-order valence-corrected chi connectivity index (χ0v) is 14.4. The Morgan fingerprint density at radius 2 is 2.12 bits per heavy atom. The first-order valence-electron chi connectivity index (χ1n) is 7.78. The third-order valence-corrected chi connectivity index (χ3v) is 4.31. The standard InChI is InChI=1S/C17H16N4O5/c1-9-13(16-20-18-8-26-16)15(14(10(2)19-9)17(22)25-3)11-5-4-6-12(7-11)21(23)24/h4-8,14-15H,1-3H3. The number of benzene rings is 1. The molecule has 134 valence electrons. The molecule has 0 saturated carbocycles. The van der Waals surface area contributed by atoms with E-state index in [2.05, 4.69) is 15.2 Å². The molecule has 2 unspecified atom stereocenters. The Bertz CT molecular complexity index is 917. The molecule has 0 bridgehead atoms.